The molecule has 0 fully saturated rings. The van der Waals surface area contributed by atoms with Crippen LogP contribution in [0.1, 0.15) is 42.0 Å². The van der Waals surface area contributed by atoms with Crippen molar-refractivity contribution in [2.24, 2.45) is 0 Å². The summed E-state index contributed by atoms with van der Waals surface area (Å²) in [6.45, 7) is 0.837. The number of ether oxygens (including phenoxy) is 1. The summed E-state index contributed by atoms with van der Waals surface area (Å²) in [7, 11) is 0. The quantitative estimate of drug-likeness (QED) is 0.862. The Morgan fingerprint density at radius 3 is 2.68 bits per heavy atom. The minimum absolute atomic E-state index is 0.0276. The van der Waals surface area contributed by atoms with Gasteiger partial charge in [-0.3, -0.25) is 0 Å². The molecule has 132 valence electrons. The highest BCUT2D eigenvalue weighted by Crippen LogP contribution is 2.34. The molecule has 3 rings (SSSR count). The third kappa shape index (κ3) is 4.40. The maximum Gasteiger partial charge on any atom is 0.410 e. The number of rotatable bonds is 6. The molecule has 0 saturated heterocycles. The van der Waals surface area contributed by atoms with Gasteiger partial charge < -0.3 is 14.7 Å². The van der Waals surface area contributed by atoms with Crippen molar-refractivity contribution in [3.05, 3.63) is 71.3 Å². The standard InChI is InChI=1S/C21H25NO3/c23-15-7-14-22(21(24)25-16-17-8-2-1-3-9-17)20-13-6-11-18-10-4-5-12-19(18)20/h1-5,8-10,12,20,23H,6-7,11,13-16H2. The first kappa shape index (κ1) is 17.5. The minimum Gasteiger partial charge on any atom is -0.445 e. The van der Waals surface area contributed by atoms with Gasteiger partial charge in [0.2, 0.25) is 0 Å². The Morgan fingerprint density at radius 1 is 1.12 bits per heavy atom. The van der Waals surface area contributed by atoms with E-state index in [-0.39, 0.29) is 25.3 Å². The smallest absolute Gasteiger partial charge is 0.410 e. The van der Waals surface area contributed by atoms with E-state index in [4.69, 9.17) is 4.74 Å². The summed E-state index contributed by atoms with van der Waals surface area (Å²) in [6.07, 6.45) is 3.30. The zero-order valence-corrected chi connectivity index (χ0v) is 14.4. The van der Waals surface area contributed by atoms with Crippen LogP contribution in [0.25, 0.3) is 0 Å². The lowest BCUT2D eigenvalue weighted by Crippen LogP contribution is -2.38. The first-order valence-corrected chi connectivity index (χ1v) is 8.95. The predicted octanol–water partition coefficient (Wildman–Crippen LogP) is 4.09. The van der Waals surface area contributed by atoms with Crippen molar-refractivity contribution in [2.45, 2.75) is 38.3 Å². The molecule has 4 nitrogen and oxygen atoms in total. The number of fused-ring (bicyclic) bond motifs is 1. The van der Waals surface area contributed by atoms with Crippen LogP contribution in [0.5, 0.6) is 0 Å². The maximum atomic E-state index is 12.8. The van der Waals surface area contributed by atoms with Crippen molar-refractivity contribution in [3.8, 4) is 0 Å². The second kappa shape index (κ2) is 8.67. The number of benzene rings is 2. The molecule has 4 heteroatoms. The molecule has 1 atom stereocenters. The number of aliphatic hydroxyl groups is 1. The van der Waals surface area contributed by atoms with Gasteiger partial charge in [-0.25, -0.2) is 4.79 Å². The summed E-state index contributed by atoms with van der Waals surface area (Å²) in [5.74, 6) is 0. The summed E-state index contributed by atoms with van der Waals surface area (Å²) >= 11 is 0. The van der Waals surface area contributed by atoms with Crippen LogP contribution < -0.4 is 0 Å². The van der Waals surface area contributed by atoms with Gasteiger partial charge in [0.25, 0.3) is 0 Å². The molecular formula is C21H25NO3. The number of aryl methyl sites for hydroxylation is 1. The van der Waals surface area contributed by atoms with Gasteiger partial charge in [0.1, 0.15) is 6.61 Å². The van der Waals surface area contributed by atoms with E-state index < -0.39 is 0 Å². The van der Waals surface area contributed by atoms with Crippen LogP contribution in [0.15, 0.2) is 54.6 Å². The molecule has 1 aliphatic carbocycles. The molecule has 2 aromatic rings. The molecule has 2 aromatic carbocycles. The summed E-state index contributed by atoms with van der Waals surface area (Å²) in [5.41, 5.74) is 3.49. The molecule has 0 bridgehead atoms. The molecule has 1 aliphatic rings. The fraction of sp³-hybridized carbons (Fsp3) is 0.381. The van der Waals surface area contributed by atoms with Crippen molar-refractivity contribution in [1.29, 1.82) is 0 Å². The monoisotopic (exact) mass is 339 g/mol. The Morgan fingerprint density at radius 2 is 1.88 bits per heavy atom. The zero-order chi connectivity index (χ0) is 17.5. The van der Waals surface area contributed by atoms with Gasteiger partial charge in [-0.05, 0) is 42.4 Å². The van der Waals surface area contributed by atoms with E-state index in [9.17, 15) is 9.90 Å². The van der Waals surface area contributed by atoms with Crippen LogP contribution in [0.3, 0.4) is 0 Å². The van der Waals surface area contributed by atoms with Crippen LogP contribution in [0.2, 0.25) is 0 Å². The van der Waals surface area contributed by atoms with Crippen molar-refractivity contribution in [2.75, 3.05) is 13.2 Å². The number of hydrogen-bond acceptors (Lipinski definition) is 3. The van der Waals surface area contributed by atoms with Crippen LogP contribution >= 0.6 is 0 Å². The van der Waals surface area contributed by atoms with Gasteiger partial charge in [0.05, 0.1) is 6.04 Å². The van der Waals surface area contributed by atoms with E-state index in [1.54, 1.807) is 4.90 Å². The normalized spacial score (nSPS) is 16.1. The Labute approximate surface area is 149 Å². The number of aliphatic hydroxyl groups excluding tert-OH is 1. The van der Waals surface area contributed by atoms with E-state index in [2.05, 4.69) is 12.1 Å². The SMILES string of the molecule is O=C(OCc1ccccc1)N(CCCO)C1CCCc2ccccc21. The highest BCUT2D eigenvalue weighted by molar-refractivity contribution is 5.68. The Hall–Kier alpha value is -2.33. The lowest BCUT2D eigenvalue weighted by atomic mass is 9.87. The summed E-state index contributed by atoms with van der Waals surface area (Å²) in [5, 5.41) is 9.22. The zero-order valence-electron chi connectivity index (χ0n) is 14.4. The third-order valence-corrected chi connectivity index (χ3v) is 4.71. The molecule has 0 aromatic heterocycles. The molecule has 0 heterocycles. The largest absolute Gasteiger partial charge is 0.445 e. The number of nitrogens with zero attached hydrogens (tertiary/aromatic N) is 1. The number of hydrogen-bond donors (Lipinski definition) is 1. The summed E-state index contributed by atoms with van der Waals surface area (Å²) < 4.78 is 5.56. The molecular weight excluding hydrogens is 314 g/mol. The van der Waals surface area contributed by atoms with E-state index >= 15 is 0 Å². The van der Waals surface area contributed by atoms with Crippen molar-refractivity contribution < 1.29 is 14.6 Å². The van der Waals surface area contributed by atoms with Gasteiger partial charge in [0, 0.05) is 13.2 Å². The van der Waals surface area contributed by atoms with E-state index in [1.807, 2.05) is 42.5 Å². The molecule has 0 aliphatic heterocycles. The van der Waals surface area contributed by atoms with Crippen molar-refractivity contribution >= 4 is 6.09 Å². The number of carbonyl (C=O) groups is 1. The molecule has 0 radical (unpaired) electrons. The maximum absolute atomic E-state index is 12.8. The third-order valence-electron chi connectivity index (χ3n) is 4.71. The van der Waals surface area contributed by atoms with Crippen molar-refractivity contribution in [3.63, 3.8) is 0 Å². The van der Waals surface area contributed by atoms with E-state index in [0.29, 0.717) is 13.0 Å². The van der Waals surface area contributed by atoms with Gasteiger partial charge in [-0.1, -0.05) is 54.6 Å². The average molecular weight is 339 g/mol. The lowest BCUT2D eigenvalue weighted by molar-refractivity contribution is 0.0733. The van der Waals surface area contributed by atoms with Gasteiger partial charge >= 0.3 is 6.09 Å². The van der Waals surface area contributed by atoms with Crippen LogP contribution in [-0.2, 0) is 17.8 Å². The molecule has 1 unspecified atom stereocenters. The number of carbonyl (C=O) groups excluding carboxylic acids is 1. The molecule has 25 heavy (non-hydrogen) atoms. The Kier molecular flexibility index (Phi) is 6.07. The predicted molar refractivity (Wildman–Crippen MR) is 97.2 cm³/mol. The lowest BCUT2D eigenvalue weighted by Gasteiger charge is -2.35. The van der Waals surface area contributed by atoms with Gasteiger partial charge in [-0.2, -0.15) is 0 Å². The fourth-order valence-corrected chi connectivity index (χ4v) is 3.47. The van der Waals surface area contributed by atoms with E-state index in [0.717, 1.165) is 24.8 Å². The molecule has 1 N–H and O–H groups in total. The average Bonchev–Trinajstić information content (AvgIpc) is 2.67. The van der Waals surface area contributed by atoms with Crippen LogP contribution in [0, 0.1) is 0 Å². The second-order valence-corrected chi connectivity index (χ2v) is 6.42. The van der Waals surface area contributed by atoms with Gasteiger partial charge in [0.15, 0.2) is 0 Å². The molecule has 0 spiro atoms. The number of amides is 1. The summed E-state index contributed by atoms with van der Waals surface area (Å²) in [6, 6.07) is 18.1. The first-order chi connectivity index (χ1) is 12.3. The van der Waals surface area contributed by atoms with Gasteiger partial charge in [-0.15, -0.1) is 0 Å². The van der Waals surface area contributed by atoms with Crippen LogP contribution in [0.4, 0.5) is 4.79 Å². The Bertz CT molecular complexity index is 687. The fourth-order valence-electron chi connectivity index (χ4n) is 3.47. The van der Waals surface area contributed by atoms with E-state index in [1.165, 1.54) is 11.1 Å². The Balaban J connectivity index is 1.74. The minimum atomic E-state index is -0.306. The summed E-state index contributed by atoms with van der Waals surface area (Å²) in [4.78, 5) is 14.5. The van der Waals surface area contributed by atoms with Crippen molar-refractivity contribution in [1.82, 2.24) is 4.90 Å². The topological polar surface area (TPSA) is 49.8 Å². The second-order valence-electron chi connectivity index (χ2n) is 6.42. The highest BCUT2D eigenvalue weighted by Gasteiger charge is 2.29. The first-order valence-electron chi connectivity index (χ1n) is 8.95. The highest BCUT2D eigenvalue weighted by atomic mass is 16.6. The van der Waals surface area contributed by atoms with Crippen LogP contribution in [-0.4, -0.2) is 29.3 Å². The molecule has 1 amide bonds. The molecule has 0 saturated carbocycles.